The number of morpholine rings is 1. The summed E-state index contributed by atoms with van der Waals surface area (Å²) in [5, 5.41) is 18.5. The number of aliphatic hydroxyl groups excluding tert-OH is 2. The molecule has 0 atom stereocenters. The number of Topliss-reactive ketones (excluding diaryl/α,β-unsaturated/α-hetero) is 5. The molecule has 4 saturated heterocycles. The molecule has 5 aliphatic rings. The molecule has 57 heavy (non-hydrogen) atoms. The molecule has 0 radical (unpaired) electrons. The maximum atomic E-state index is 11.5. The lowest BCUT2D eigenvalue weighted by atomic mass is 9.81. The van der Waals surface area contributed by atoms with Crippen LogP contribution < -0.4 is 0 Å². The molecule has 0 unspecified atom stereocenters. The number of rotatable bonds is 11. The van der Waals surface area contributed by atoms with Crippen LogP contribution in [-0.4, -0.2) is 140 Å². The molecule has 4 heterocycles. The van der Waals surface area contributed by atoms with Gasteiger partial charge in [0, 0.05) is 94.0 Å². The topological polar surface area (TPSA) is 160 Å². The van der Waals surface area contributed by atoms with Crippen molar-refractivity contribution in [1.82, 2.24) is 9.80 Å². The first-order valence-corrected chi connectivity index (χ1v) is 22.1. The van der Waals surface area contributed by atoms with E-state index in [9.17, 15) is 34.2 Å². The second-order valence-electron chi connectivity index (χ2n) is 17.6. The van der Waals surface area contributed by atoms with Crippen molar-refractivity contribution in [3.05, 3.63) is 0 Å². The molecule has 4 aliphatic heterocycles. The van der Waals surface area contributed by atoms with Crippen LogP contribution in [0, 0.1) is 41.4 Å². The number of ether oxygens (including phenoxy) is 3. The molecule has 12 heteroatoms. The van der Waals surface area contributed by atoms with Crippen LogP contribution in [0.1, 0.15) is 127 Å². The van der Waals surface area contributed by atoms with E-state index in [1.807, 2.05) is 55.4 Å². The summed E-state index contributed by atoms with van der Waals surface area (Å²) >= 11 is 0. The second-order valence-corrected chi connectivity index (χ2v) is 17.6. The molecule has 0 aromatic rings. The molecule has 0 aromatic heterocycles. The Hall–Kier alpha value is -1.93. The maximum Gasteiger partial charge on any atom is 0.149 e. The Morgan fingerprint density at radius 2 is 0.789 bits per heavy atom. The summed E-state index contributed by atoms with van der Waals surface area (Å²) in [6, 6.07) is 0. The quantitative estimate of drug-likeness (QED) is 0.266. The van der Waals surface area contributed by atoms with Gasteiger partial charge in [-0.3, -0.25) is 33.8 Å². The Balaban J connectivity index is 0.000000358. The van der Waals surface area contributed by atoms with Gasteiger partial charge in [0.25, 0.3) is 0 Å². The van der Waals surface area contributed by atoms with Gasteiger partial charge < -0.3 is 24.4 Å². The molecule has 5 fully saturated rings. The van der Waals surface area contributed by atoms with Crippen LogP contribution in [0.5, 0.6) is 0 Å². The van der Waals surface area contributed by atoms with Crippen molar-refractivity contribution in [2.75, 3.05) is 78.9 Å². The molecule has 12 nitrogen and oxygen atoms in total. The van der Waals surface area contributed by atoms with E-state index in [0.29, 0.717) is 47.9 Å². The van der Waals surface area contributed by atoms with Crippen LogP contribution in [-0.2, 0) is 38.2 Å². The van der Waals surface area contributed by atoms with Gasteiger partial charge in [-0.25, -0.2) is 0 Å². The third-order valence-corrected chi connectivity index (χ3v) is 11.4. The van der Waals surface area contributed by atoms with Crippen LogP contribution in [0.3, 0.4) is 0 Å². The van der Waals surface area contributed by atoms with Gasteiger partial charge in [-0.15, -0.1) is 0 Å². The standard InChI is InChI=1S/C10H19NO2.C10H18O2.C9H17NO2.C9H16O2.C7H12O2/c1-8(2)10(13)7-11-5-3-9(12)4-6-11;1-7(2)10(12)8-3-5-9(11)6-4-8;1-8(2)9(11)7-10-3-5-12-6-4-10;1-7(2)9(10)8-3-5-11-6-4-8;1-6(8)7-2-4-9-5-3-7/h8-9,12H,3-7H2,1-2H3;7-9,11H,3-6H2,1-2H3;8H,3-7H2,1-2H3;7-8H,3-6H2,1-2H3;7H,2-5H2,1H3. The van der Waals surface area contributed by atoms with Gasteiger partial charge in [0.1, 0.15) is 28.9 Å². The lowest BCUT2D eigenvalue weighted by molar-refractivity contribution is -0.129. The van der Waals surface area contributed by atoms with Gasteiger partial charge in [-0.1, -0.05) is 55.4 Å². The molecule has 332 valence electrons. The van der Waals surface area contributed by atoms with Gasteiger partial charge in [-0.05, 0) is 71.1 Å². The van der Waals surface area contributed by atoms with Crippen molar-refractivity contribution < 1.29 is 48.4 Å². The number of aliphatic hydroxyl groups is 2. The molecular formula is C45H82N2O10. The average molecular weight is 811 g/mol. The molecule has 0 amide bonds. The molecule has 0 aromatic carbocycles. The number of carbonyl (C=O) groups is 5. The van der Waals surface area contributed by atoms with E-state index < -0.39 is 0 Å². The number of nitrogens with zero attached hydrogens (tertiary/aromatic N) is 2. The van der Waals surface area contributed by atoms with E-state index in [1.165, 1.54) is 0 Å². The Kier molecular flexibility index (Phi) is 28.1. The number of likely N-dealkylation sites (tertiary alicyclic amines) is 1. The largest absolute Gasteiger partial charge is 0.393 e. The summed E-state index contributed by atoms with van der Waals surface area (Å²) in [4.78, 5) is 60.7. The minimum absolute atomic E-state index is 0.131. The predicted molar refractivity (Wildman–Crippen MR) is 224 cm³/mol. The fourth-order valence-corrected chi connectivity index (χ4v) is 7.03. The zero-order valence-corrected chi connectivity index (χ0v) is 37.3. The minimum atomic E-state index is -0.152. The number of piperidine rings is 1. The molecule has 2 N–H and O–H groups in total. The summed E-state index contributed by atoms with van der Waals surface area (Å²) in [5.41, 5.74) is 0. The second kappa shape index (κ2) is 30.1. The van der Waals surface area contributed by atoms with Gasteiger partial charge in [0.2, 0.25) is 0 Å². The Bertz CT molecular complexity index is 1120. The van der Waals surface area contributed by atoms with Crippen molar-refractivity contribution in [3.63, 3.8) is 0 Å². The highest BCUT2D eigenvalue weighted by atomic mass is 16.5. The first-order valence-electron chi connectivity index (χ1n) is 22.1. The fourth-order valence-electron chi connectivity index (χ4n) is 7.03. The third kappa shape index (κ3) is 24.1. The number of ketones is 5. The van der Waals surface area contributed by atoms with Crippen molar-refractivity contribution in [3.8, 4) is 0 Å². The Morgan fingerprint density at radius 1 is 0.456 bits per heavy atom. The number of hydrogen-bond donors (Lipinski definition) is 2. The summed E-state index contributed by atoms with van der Waals surface area (Å²) in [5.74, 6) is 3.18. The van der Waals surface area contributed by atoms with Crippen LogP contribution in [0.25, 0.3) is 0 Å². The van der Waals surface area contributed by atoms with Crippen LogP contribution in [0.4, 0.5) is 0 Å². The summed E-state index contributed by atoms with van der Waals surface area (Å²) in [6.07, 6.45) is 8.42. The molecule has 1 aliphatic carbocycles. The minimum Gasteiger partial charge on any atom is -0.393 e. The van der Waals surface area contributed by atoms with Crippen LogP contribution in [0.15, 0.2) is 0 Å². The average Bonchev–Trinajstić information content (AvgIpc) is 3.20. The first kappa shape index (κ1) is 53.1. The Labute approximate surface area is 345 Å². The van der Waals surface area contributed by atoms with Crippen LogP contribution >= 0.6 is 0 Å². The van der Waals surface area contributed by atoms with E-state index in [0.717, 1.165) is 130 Å². The first-order chi connectivity index (χ1) is 26.9. The zero-order valence-electron chi connectivity index (χ0n) is 37.3. The number of carbonyl (C=O) groups excluding carboxylic acids is 5. The summed E-state index contributed by atoms with van der Waals surface area (Å²) in [6.45, 7) is 26.6. The lowest BCUT2D eigenvalue weighted by Gasteiger charge is -2.29. The Morgan fingerprint density at radius 3 is 1.14 bits per heavy atom. The monoisotopic (exact) mass is 811 g/mol. The van der Waals surface area contributed by atoms with E-state index in [1.54, 1.807) is 6.92 Å². The van der Waals surface area contributed by atoms with Gasteiger partial charge >= 0.3 is 0 Å². The van der Waals surface area contributed by atoms with Crippen molar-refractivity contribution in [2.24, 2.45) is 41.4 Å². The lowest BCUT2D eigenvalue weighted by Crippen LogP contribution is -2.40. The SMILES string of the molecule is CC(=O)C1CCOCC1.CC(C)C(=O)C1CCC(O)CC1.CC(C)C(=O)C1CCOCC1.CC(C)C(=O)CN1CCC(O)CC1.CC(C)C(=O)CN1CCOCC1. The fraction of sp³-hybridized carbons (Fsp3) is 0.889. The normalized spacial score (nSPS) is 22.9. The van der Waals surface area contributed by atoms with Crippen molar-refractivity contribution >= 4 is 28.9 Å². The zero-order chi connectivity index (χ0) is 42.9. The summed E-state index contributed by atoms with van der Waals surface area (Å²) < 4.78 is 15.5. The highest BCUT2D eigenvalue weighted by molar-refractivity contribution is 5.83. The molecule has 5 rings (SSSR count). The highest BCUT2D eigenvalue weighted by Gasteiger charge is 2.27. The van der Waals surface area contributed by atoms with E-state index in [-0.39, 0.29) is 47.7 Å². The molecule has 0 spiro atoms. The summed E-state index contributed by atoms with van der Waals surface area (Å²) in [7, 11) is 0. The van der Waals surface area contributed by atoms with E-state index >= 15 is 0 Å². The van der Waals surface area contributed by atoms with E-state index in [4.69, 9.17) is 14.2 Å². The van der Waals surface area contributed by atoms with E-state index in [2.05, 4.69) is 9.80 Å². The van der Waals surface area contributed by atoms with Crippen molar-refractivity contribution in [2.45, 2.75) is 139 Å². The highest BCUT2D eigenvalue weighted by Crippen LogP contribution is 2.27. The van der Waals surface area contributed by atoms with Gasteiger partial charge in [0.05, 0.1) is 38.5 Å². The smallest absolute Gasteiger partial charge is 0.149 e. The molecule has 1 saturated carbocycles. The molecular weight excluding hydrogens is 728 g/mol. The number of hydrogen-bond acceptors (Lipinski definition) is 12. The maximum absolute atomic E-state index is 11.5. The van der Waals surface area contributed by atoms with Gasteiger partial charge in [-0.2, -0.15) is 0 Å². The van der Waals surface area contributed by atoms with Gasteiger partial charge in [0.15, 0.2) is 0 Å². The predicted octanol–water partition coefficient (Wildman–Crippen LogP) is 5.61. The van der Waals surface area contributed by atoms with Crippen molar-refractivity contribution in [1.29, 1.82) is 0 Å². The molecule has 0 bridgehead atoms. The van der Waals surface area contributed by atoms with Crippen LogP contribution in [0.2, 0.25) is 0 Å². The third-order valence-electron chi connectivity index (χ3n) is 11.4.